The highest BCUT2D eigenvalue weighted by atomic mass is 16.6. The minimum atomic E-state index is -0.566. The molecule has 2 rings (SSSR count). The van der Waals surface area contributed by atoms with Crippen molar-refractivity contribution < 1.29 is 9.72 Å². The van der Waals surface area contributed by atoms with E-state index < -0.39 is 4.92 Å². The van der Waals surface area contributed by atoms with Crippen LogP contribution in [0.25, 0.3) is 5.69 Å². The third kappa shape index (κ3) is 2.05. The molecule has 0 amide bonds. The fourth-order valence-electron chi connectivity index (χ4n) is 1.53. The first-order valence-corrected chi connectivity index (χ1v) is 4.89. The lowest BCUT2D eigenvalue weighted by Gasteiger charge is -2.03. The van der Waals surface area contributed by atoms with E-state index >= 15 is 0 Å². The molecule has 0 aliphatic heterocycles. The van der Waals surface area contributed by atoms with Gasteiger partial charge in [0.05, 0.1) is 16.2 Å². The van der Waals surface area contributed by atoms with E-state index in [0.29, 0.717) is 5.69 Å². The molecule has 2 aromatic rings. The minimum Gasteiger partial charge on any atom is -0.294 e. The first kappa shape index (κ1) is 11.0. The maximum atomic E-state index is 11.2. The number of carbonyl (C=O) groups is 1. The number of aromatic nitrogens is 2. The quantitative estimate of drug-likeness (QED) is 0.459. The van der Waals surface area contributed by atoms with Gasteiger partial charge in [0.15, 0.2) is 5.78 Å². The van der Waals surface area contributed by atoms with Crippen LogP contribution in [0.1, 0.15) is 17.3 Å². The van der Waals surface area contributed by atoms with Gasteiger partial charge in [-0.25, -0.2) is 4.68 Å². The summed E-state index contributed by atoms with van der Waals surface area (Å²) in [5.41, 5.74) is 0.447. The lowest BCUT2D eigenvalue weighted by Crippen LogP contribution is -2.02. The maximum absolute atomic E-state index is 11.2. The molecule has 0 fully saturated rings. The Balaban J connectivity index is 2.57. The minimum absolute atomic E-state index is 0.103. The predicted octanol–water partition coefficient (Wildman–Crippen LogP) is 1.98. The fraction of sp³-hybridized carbons (Fsp3) is 0.0909. The Labute approximate surface area is 96.6 Å². The number of Topliss-reactive ketones (excluding diaryl/α,β-unsaturated/α-hetero) is 1. The monoisotopic (exact) mass is 231 g/mol. The van der Waals surface area contributed by atoms with Crippen molar-refractivity contribution in [3.05, 3.63) is 52.3 Å². The summed E-state index contributed by atoms with van der Waals surface area (Å²) in [6, 6.07) is 6.11. The third-order valence-corrected chi connectivity index (χ3v) is 2.33. The van der Waals surface area contributed by atoms with Gasteiger partial charge in [0.2, 0.25) is 0 Å². The molecule has 6 nitrogen and oxygen atoms in total. The number of hydrogen-bond donors (Lipinski definition) is 0. The van der Waals surface area contributed by atoms with Crippen LogP contribution in [0.2, 0.25) is 0 Å². The van der Waals surface area contributed by atoms with Gasteiger partial charge in [-0.05, 0) is 25.1 Å². The van der Waals surface area contributed by atoms with E-state index in [1.54, 1.807) is 24.5 Å². The third-order valence-electron chi connectivity index (χ3n) is 2.33. The molecule has 0 bridgehead atoms. The number of rotatable bonds is 3. The number of nitro groups is 1. The number of nitrogens with zero attached hydrogens (tertiary/aromatic N) is 3. The molecule has 1 aromatic carbocycles. The Morgan fingerprint density at radius 3 is 2.76 bits per heavy atom. The van der Waals surface area contributed by atoms with Gasteiger partial charge in [-0.2, -0.15) is 5.10 Å². The molecule has 0 aliphatic rings. The van der Waals surface area contributed by atoms with Gasteiger partial charge in [0.25, 0.3) is 5.69 Å². The molecular weight excluding hydrogens is 222 g/mol. The Bertz CT molecular complexity index is 576. The average Bonchev–Trinajstić information content (AvgIpc) is 2.81. The van der Waals surface area contributed by atoms with Crippen molar-refractivity contribution in [1.82, 2.24) is 9.78 Å². The van der Waals surface area contributed by atoms with E-state index in [1.165, 1.54) is 23.7 Å². The van der Waals surface area contributed by atoms with Crippen molar-refractivity contribution in [2.24, 2.45) is 0 Å². The van der Waals surface area contributed by atoms with Gasteiger partial charge in [-0.1, -0.05) is 0 Å². The molecule has 1 aromatic heterocycles. The summed E-state index contributed by atoms with van der Waals surface area (Å²) in [7, 11) is 0. The summed E-state index contributed by atoms with van der Waals surface area (Å²) < 4.78 is 1.50. The molecule has 0 saturated heterocycles. The number of carbonyl (C=O) groups excluding carboxylic acids is 1. The van der Waals surface area contributed by atoms with Crippen molar-refractivity contribution in [3.63, 3.8) is 0 Å². The highest BCUT2D eigenvalue weighted by molar-refractivity contribution is 5.98. The van der Waals surface area contributed by atoms with E-state index in [4.69, 9.17) is 0 Å². The van der Waals surface area contributed by atoms with E-state index in [0.717, 1.165) is 0 Å². The Morgan fingerprint density at radius 1 is 1.47 bits per heavy atom. The van der Waals surface area contributed by atoms with Gasteiger partial charge in [-0.3, -0.25) is 14.9 Å². The van der Waals surface area contributed by atoms with Gasteiger partial charge >= 0.3 is 0 Å². The Hall–Kier alpha value is -2.50. The van der Waals surface area contributed by atoms with Crippen LogP contribution in [-0.4, -0.2) is 20.5 Å². The molecule has 0 unspecified atom stereocenters. The Morgan fingerprint density at radius 2 is 2.24 bits per heavy atom. The molecular formula is C11H9N3O3. The molecule has 6 heteroatoms. The highest BCUT2D eigenvalue weighted by Crippen LogP contribution is 2.22. The first-order valence-electron chi connectivity index (χ1n) is 4.89. The van der Waals surface area contributed by atoms with Crippen molar-refractivity contribution in [1.29, 1.82) is 0 Å². The molecule has 17 heavy (non-hydrogen) atoms. The lowest BCUT2D eigenvalue weighted by atomic mass is 10.1. The van der Waals surface area contributed by atoms with Crippen molar-refractivity contribution in [2.45, 2.75) is 6.92 Å². The number of ketones is 1. The molecule has 1 heterocycles. The van der Waals surface area contributed by atoms with Crippen LogP contribution in [-0.2, 0) is 0 Å². The zero-order chi connectivity index (χ0) is 12.4. The normalized spacial score (nSPS) is 10.2. The van der Waals surface area contributed by atoms with Crippen LogP contribution in [0, 0.1) is 10.1 Å². The summed E-state index contributed by atoms with van der Waals surface area (Å²) in [4.78, 5) is 21.5. The molecule has 0 atom stereocenters. The van der Waals surface area contributed by atoms with Crippen LogP contribution in [0.3, 0.4) is 0 Å². The second-order valence-corrected chi connectivity index (χ2v) is 3.47. The van der Waals surface area contributed by atoms with E-state index in [2.05, 4.69) is 5.10 Å². The van der Waals surface area contributed by atoms with Gasteiger partial charge in [0.1, 0.15) is 0 Å². The van der Waals surface area contributed by atoms with Crippen LogP contribution < -0.4 is 0 Å². The Kier molecular flexibility index (Phi) is 2.70. The van der Waals surface area contributed by atoms with Crippen LogP contribution in [0.5, 0.6) is 0 Å². The average molecular weight is 231 g/mol. The smallest absolute Gasteiger partial charge is 0.282 e. The van der Waals surface area contributed by atoms with Crippen LogP contribution in [0.4, 0.5) is 5.69 Å². The SMILES string of the molecule is CC(=O)c1ccc(-n2cccn2)cc1[N+](=O)[O-]. The fourth-order valence-corrected chi connectivity index (χ4v) is 1.53. The van der Waals surface area contributed by atoms with Crippen molar-refractivity contribution in [3.8, 4) is 5.69 Å². The topological polar surface area (TPSA) is 78.0 Å². The van der Waals surface area contributed by atoms with Crippen molar-refractivity contribution in [2.75, 3.05) is 0 Å². The maximum Gasteiger partial charge on any atom is 0.282 e. The highest BCUT2D eigenvalue weighted by Gasteiger charge is 2.18. The van der Waals surface area contributed by atoms with E-state index in [-0.39, 0.29) is 17.0 Å². The van der Waals surface area contributed by atoms with Crippen LogP contribution >= 0.6 is 0 Å². The summed E-state index contributed by atoms with van der Waals surface area (Å²) >= 11 is 0. The second-order valence-electron chi connectivity index (χ2n) is 3.47. The second kappa shape index (κ2) is 4.17. The zero-order valence-corrected chi connectivity index (χ0v) is 9.03. The molecule has 0 N–H and O–H groups in total. The molecule has 0 radical (unpaired) electrons. The molecule has 0 aliphatic carbocycles. The van der Waals surface area contributed by atoms with Crippen molar-refractivity contribution >= 4 is 11.5 Å². The summed E-state index contributed by atoms with van der Waals surface area (Å²) in [5.74, 6) is -0.330. The van der Waals surface area contributed by atoms with Crippen LogP contribution in [0.15, 0.2) is 36.7 Å². The molecule has 86 valence electrons. The summed E-state index contributed by atoms with van der Waals surface area (Å²) in [6.45, 7) is 1.30. The molecule has 0 saturated carbocycles. The standard InChI is InChI=1S/C11H9N3O3/c1-8(15)10-4-3-9(7-11(10)14(16)17)13-6-2-5-12-13/h2-7H,1H3. The summed E-state index contributed by atoms with van der Waals surface area (Å²) in [5, 5.41) is 14.8. The number of hydrogen-bond acceptors (Lipinski definition) is 4. The molecule has 0 spiro atoms. The van der Waals surface area contributed by atoms with E-state index in [1.807, 2.05) is 0 Å². The van der Waals surface area contributed by atoms with Gasteiger partial charge in [-0.15, -0.1) is 0 Å². The number of benzene rings is 1. The lowest BCUT2D eigenvalue weighted by molar-refractivity contribution is -0.385. The zero-order valence-electron chi connectivity index (χ0n) is 9.03. The largest absolute Gasteiger partial charge is 0.294 e. The first-order chi connectivity index (χ1) is 8.09. The van der Waals surface area contributed by atoms with Gasteiger partial charge < -0.3 is 0 Å². The van der Waals surface area contributed by atoms with Gasteiger partial charge in [0, 0.05) is 18.5 Å². The van der Waals surface area contributed by atoms with E-state index in [9.17, 15) is 14.9 Å². The number of nitro benzene ring substituents is 1. The summed E-state index contributed by atoms with van der Waals surface area (Å²) in [6.07, 6.45) is 3.25. The predicted molar refractivity (Wildman–Crippen MR) is 60.2 cm³/mol.